The number of benzene rings is 3. The summed E-state index contributed by atoms with van der Waals surface area (Å²) in [4.78, 5) is 34.1. The summed E-state index contributed by atoms with van der Waals surface area (Å²) >= 11 is 0. The van der Waals surface area contributed by atoms with Crippen LogP contribution >= 0.6 is 0 Å². The van der Waals surface area contributed by atoms with E-state index in [4.69, 9.17) is 0 Å². The van der Waals surface area contributed by atoms with Crippen LogP contribution in [-0.4, -0.2) is 18.9 Å². The van der Waals surface area contributed by atoms with Gasteiger partial charge in [0.25, 0.3) is 0 Å². The maximum atomic E-state index is 10.8. The Morgan fingerprint density at radius 1 is 0.500 bits per heavy atom. The van der Waals surface area contributed by atoms with Crippen molar-refractivity contribution < 1.29 is 113 Å². The van der Waals surface area contributed by atoms with E-state index in [1.165, 1.54) is 36.4 Å². The van der Waals surface area contributed by atoms with Gasteiger partial charge in [-0.2, -0.15) is 0 Å². The molecule has 0 saturated heterocycles. The van der Waals surface area contributed by atoms with Crippen LogP contribution in [0.2, 0.25) is 0 Å². The van der Waals surface area contributed by atoms with E-state index in [0.29, 0.717) is 52.6 Å². The maximum Gasteiger partial charge on any atom is 0.0415 e. The van der Waals surface area contributed by atoms with Crippen molar-refractivity contribution in [2.75, 3.05) is 4.90 Å². The molecule has 3 rings (SSSR count). The van der Waals surface area contributed by atoms with Gasteiger partial charge in [-0.1, -0.05) is 0 Å². The molecule has 0 bridgehead atoms. The molecule has 0 spiro atoms. The molecule has 0 N–H and O–H groups in total. The van der Waals surface area contributed by atoms with Gasteiger partial charge in [-0.05, 0) is 0 Å². The first-order valence-electron chi connectivity index (χ1n) is 7.21. The maximum absolute atomic E-state index is 10.8. The van der Waals surface area contributed by atoms with Crippen LogP contribution in [0.4, 0.5) is 17.1 Å². The van der Waals surface area contributed by atoms with E-state index in [9.17, 15) is 14.4 Å². The molecule has 0 unspecified atom stereocenters. The van der Waals surface area contributed by atoms with Gasteiger partial charge in [0.15, 0.2) is 0 Å². The van der Waals surface area contributed by atoms with Crippen molar-refractivity contribution >= 4 is 35.9 Å². The van der Waals surface area contributed by atoms with Crippen LogP contribution in [0.25, 0.3) is 0 Å². The van der Waals surface area contributed by atoms with Crippen LogP contribution in [0.5, 0.6) is 0 Å². The minimum atomic E-state index is 0. The van der Waals surface area contributed by atoms with Gasteiger partial charge in [0.05, 0.1) is 0 Å². The third-order valence-corrected chi connectivity index (χ3v) is 3.33. The Kier molecular flexibility index (Phi) is 13.8. The summed E-state index contributed by atoms with van der Waals surface area (Å²) in [5, 5.41) is 0. The van der Waals surface area contributed by atoms with Gasteiger partial charge in [-0.15, -0.1) is 0 Å². The first-order valence-corrected chi connectivity index (χ1v) is 7.21. The second-order valence-corrected chi connectivity index (χ2v) is 4.97. The Labute approximate surface area is 239 Å². The number of nitrogens with zero attached hydrogens (tertiary/aromatic N) is 1. The normalized spacial score (nSPS) is 9.00. The van der Waals surface area contributed by atoms with Crippen LogP contribution in [0.3, 0.4) is 0 Å². The zero-order valence-electron chi connectivity index (χ0n) is 14.6. The molecule has 0 fully saturated rings. The molecule has 0 aliphatic heterocycles. The molecule has 3 radical (unpaired) electrons. The van der Waals surface area contributed by atoms with Crippen molar-refractivity contribution in [1.82, 2.24) is 0 Å². The summed E-state index contributed by atoms with van der Waals surface area (Å²) in [5.41, 5.74) is 2.79. The predicted molar refractivity (Wildman–Crippen MR) is 90.3 cm³/mol. The smallest absolute Gasteiger partial charge is 0.0415 e. The molecule has 0 atom stereocenters. The fourth-order valence-electron chi connectivity index (χ4n) is 2.09. The van der Waals surface area contributed by atoms with Crippen LogP contribution in [-0.2, 0) is 98.1 Å². The average Bonchev–Trinajstić information content (AvgIpc) is 2.70. The SMILES string of the molecule is O=Cc1c[c-]c(N(c2[c-]cc(C=O)c[c-]2)c2[c-]cc(C=O)c[c-]2)[c-]c1.[Y].[Y].[Y]. The van der Waals surface area contributed by atoms with Gasteiger partial charge in [0, 0.05) is 117 Å². The third kappa shape index (κ3) is 6.94. The minimum Gasteiger partial charge on any atom is -0.452 e. The van der Waals surface area contributed by atoms with E-state index < -0.39 is 0 Å². The third-order valence-electron chi connectivity index (χ3n) is 3.33. The number of carbonyl (C=O) groups excluding carboxylic acids is 3. The van der Waals surface area contributed by atoms with Gasteiger partial charge < -0.3 is 55.7 Å². The zero-order valence-corrected chi connectivity index (χ0v) is 23.1. The van der Waals surface area contributed by atoms with Crippen LogP contribution < -0.4 is 4.90 Å². The Balaban J connectivity index is 0.00000243. The first kappa shape index (κ1) is 27.8. The molecular formula is C21H9NO3Y3-6. The van der Waals surface area contributed by atoms with Crippen molar-refractivity contribution in [3.63, 3.8) is 0 Å². The fraction of sp³-hybridized carbons (Fsp3) is 0. The molecular weight excluding hydrogens is 581 g/mol. The second kappa shape index (κ2) is 13.9. The molecule has 0 aliphatic carbocycles. The van der Waals surface area contributed by atoms with E-state index in [2.05, 4.69) is 36.4 Å². The molecule has 131 valence electrons. The van der Waals surface area contributed by atoms with Crippen molar-refractivity contribution in [3.05, 3.63) is 89.5 Å². The number of rotatable bonds is 6. The molecule has 0 saturated carbocycles. The Bertz CT molecular complexity index is 773. The second-order valence-electron chi connectivity index (χ2n) is 4.97. The van der Waals surface area contributed by atoms with E-state index in [1.54, 1.807) is 4.90 Å². The number of carbonyl (C=O) groups is 3. The van der Waals surface area contributed by atoms with Gasteiger partial charge in [-0.25, -0.2) is 33.8 Å². The zero-order chi connectivity index (χ0) is 17.6. The van der Waals surface area contributed by atoms with E-state index in [-0.39, 0.29) is 98.1 Å². The standard InChI is InChI=1S/C21H9NO3.3Y/c23-13-16-1-7-19(8-2-16)22(20-9-3-17(14-24)4-10-20)21-11-5-18(15-25)6-12-21;;;/h1-6,13-15H;;;/q-6;;;. The quantitative estimate of drug-likeness (QED) is 0.327. The number of aldehydes is 3. The predicted octanol–water partition coefficient (Wildman–Crippen LogP) is 3.39. The van der Waals surface area contributed by atoms with Crippen LogP contribution in [0.15, 0.2) is 36.4 Å². The summed E-state index contributed by atoms with van der Waals surface area (Å²) in [6.07, 6.45) is 2.11. The molecule has 0 aliphatic rings. The van der Waals surface area contributed by atoms with Crippen LogP contribution in [0.1, 0.15) is 31.1 Å². The molecule has 7 heteroatoms. The van der Waals surface area contributed by atoms with Crippen LogP contribution in [0, 0.1) is 36.4 Å². The Hall–Kier alpha value is -0.218. The molecule has 3 aromatic rings. The fourth-order valence-corrected chi connectivity index (χ4v) is 2.09. The Morgan fingerprint density at radius 3 is 0.893 bits per heavy atom. The van der Waals surface area contributed by atoms with Gasteiger partial charge in [-0.3, -0.25) is 36.4 Å². The minimum absolute atomic E-state index is 0. The van der Waals surface area contributed by atoms with Crippen molar-refractivity contribution in [2.45, 2.75) is 0 Å². The summed E-state index contributed by atoms with van der Waals surface area (Å²) < 4.78 is 0. The van der Waals surface area contributed by atoms with Gasteiger partial charge in [0.2, 0.25) is 0 Å². The number of hydrogen-bond donors (Lipinski definition) is 0. The molecule has 0 amide bonds. The summed E-state index contributed by atoms with van der Waals surface area (Å²) in [6, 6.07) is 27.0. The largest absolute Gasteiger partial charge is 0.452 e. The van der Waals surface area contributed by atoms with Gasteiger partial charge in [0.1, 0.15) is 0 Å². The van der Waals surface area contributed by atoms with Crippen molar-refractivity contribution in [3.8, 4) is 0 Å². The van der Waals surface area contributed by atoms with Crippen molar-refractivity contribution in [1.29, 1.82) is 0 Å². The molecule has 0 heterocycles. The summed E-state index contributed by atoms with van der Waals surface area (Å²) in [5.74, 6) is 0. The van der Waals surface area contributed by atoms with E-state index >= 15 is 0 Å². The van der Waals surface area contributed by atoms with Gasteiger partial charge >= 0.3 is 0 Å². The number of hydrogen-bond acceptors (Lipinski definition) is 4. The van der Waals surface area contributed by atoms with E-state index in [1.807, 2.05) is 0 Å². The molecule has 4 nitrogen and oxygen atoms in total. The average molecular weight is 590 g/mol. The van der Waals surface area contributed by atoms with Crippen molar-refractivity contribution in [2.24, 2.45) is 0 Å². The molecule has 0 aromatic heterocycles. The molecule has 28 heavy (non-hydrogen) atoms. The summed E-state index contributed by atoms with van der Waals surface area (Å²) in [6.45, 7) is 0. The summed E-state index contributed by atoms with van der Waals surface area (Å²) in [7, 11) is 0. The Morgan fingerprint density at radius 2 is 0.714 bits per heavy atom. The monoisotopic (exact) mass is 590 g/mol. The topological polar surface area (TPSA) is 54.5 Å². The number of anilines is 3. The molecule has 3 aromatic carbocycles. The van der Waals surface area contributed by atoms with E-state index in [0.717, 1.165) is 0 Å². The first-order chi connectivity index (χ1) is 12.2.